The van der Waals surface area contributed by atoms with Crippen molar-refractivity contribution in [2.45, 2.75) is 25.9 Å². The van der Waals surface area contributed by atoms with E-state index in [1.54, 1.807) is 4.90 Å². The summed E-state index contributed by atoms with van der Waals surface area (Å²) >= 11 is 1.53. The number of piperazine rings is 1. The summed E-state index contributed by atoms with van der Waals surface area (Å²) in [5.74, 6) is 0.245. The molecule has 0 radical (unpaired) electrons. The van der Waals surface area contributed by atoms with Crippen LogP contribution in [-0.2, 0) is 15.7 Å². The topological polar surface area (TPSA) is 98.8 Å². The summed E-state index contributed by atoms with van der Waals surface area (Å²) in [6, 6.07) is 0. The zero-order valence-electron chi connectivity index (χ0n) is 20.4. The van der Waals surface area contributed by atoms with Crippen molar-refractivity contribution >= 4 is 40.0 Å². The minimum Gasteiger partial charge on any atom is -0.379 e. The van der Waals surface area contributed by atoms with Crippen molar-refractivity contribution in [1.29, 1.82) is 0 Å². The molecule has 0 bridgehead atoms. The molecule has 0 spiro atoms. The fraction of sp³-hybridized carbons (Fsp3) is 0.636. The Labute approximate surface area is 211 Å². The predicted octanol–water partition coefficient (Wildman–Crippen LogP) is 2.81. The average Bonchev–Trinajstić information content (AvgIpc) is 3.06. The second-order valence-corrected chi connectivity index (χ2v) is 9.98. The highest BCUT2D eigenvalue weighted by Crippen LogP contribution is 2.35. The zero-order chi connectivity index (χ0) is 25.7. The maximum atomic E-state index is 13.6. The highest BCUT2D eigenvalue weighted by Gasteiger charge is 2.35. The number of nitrogens with zero attached hydrogens (tertiary/aromatic N) is 6. The molecule has 0 saturated carbocycles. The lowest BCUT2D eigenvalue weighted by Crippen LogP contribution is -2.44. The molecule has 2 aliphatic rings. The Morgan fingerprint density at radius 2 is 1.89 bits per heavy atom. The lowest BCUT2D eigenvalue weighted by atomic mass is 10.3. The Kier molecular flexibility index (Phi) is 8.46. The number of hydrogen-bond acceptors (Lipinski definition) is 10. The Morgan fingerprint density at radius 3 is 2.64 bits per heavy atom. The van der Waals surface area contributed by atoms with E-state index in [0.717, 1.165) is 42.4 Å². The van der Waals surface area contributed by atoms with E-state index in [1.165, 1.54) is 11.3 Å². The van der Waals surface area contributed by atoms with Gasteiger partial charge < -0.3 is 30.1 Å². The van der Waals surface area contributed by atoms with Gasteiger partial charge in [-0.3, -0.25) is 4.79 Å². The summed E-state index contributed by atoms with van der Waals surface area (Å²) in [6.07, 6.45) is -3.05. The van der Waals surface area contributed by atoms with Crippen LogP contribution in [0.3, 0.4) is 0 Å². The number of thiazole rings is 1. The molecule has 2 fully saturated rings. The molecule has 0 aromatic carbocycles. The summed E-state index contributed by atoms with van der Waals surface area (Å²) in [4.78, 5) is 31.7. The van der Waals surface area contributed by atoms with Crippen molar-refractivity contribution in [3.63, 3.8) is 0 Å². The third kappa shape index (κ3) is 6.73. The Balaban J connectivity index is 1.41. The molecule has 1 amide bonds. The monoisotopic (exact) mass is 528 g/mol. The third-order valence-electron chi connectivity index (χ3n) is 6.10. The van der Waals surface area contributed by atoms with E-state index < -0.39 is 11.7 Å². The van der Waals surface area contributed by atoms with Gasteiger partial charge in [0, 0.05) is 56.9 Å². The lowest BCUT2D eigenvalue weighted by molar-refractivity contribution is -0.137. The summed E-state index contributed by atoms with van der Waals surface area (Å²) < 4.78 is 46.0. The minimum atomic E-state index is -4.61. The Bertz CT molecular complexity index is 1040. The number of carbonyl (C=O) groups is 1. The molecular formula is C22H31F3N8O2S. The number of anilines is 4. The lowest BCUT2D eigenvalue weighted by Gasteiger charge is -2.32. The van der Waals surface area contributed by atoms with Gasteiger partial charge in [-0.15, -0.1) is 0 Å². The van der Waals surface area contributed by atoms with E-state index in [0.29, 0.717) is 45.0 Å². The van der Waals surface area contributed by atoms with Crippen LogP contribution in [0.1, 0.15) is 23.3 Å². The van der Waals surface area contributed by atoms with Gasteiger partial charge in [-0.25, -0.2) is 9.97 Å². The van der Waals surface area contributed by atoms with Crippen molar-refractivity contribution < 1.29 is 22.7 Å². The van der Waals surface area contributed by atoms with E-state index in [-0.39, 0.29) is 24.2 Å². The minimum absolute atomic E-state index is 0.00780. The molecule has 2 saturated heterocycles. The van der Waals surface area contributed by atoms with Crippen LogP contribution < -0.4 is 15.5 Å². The first kappa shape index (κ1) is 26.4. The second kappa shape index (κ2) is 11.6. The van der Waals surface area contributed by atoms with Crippen molar-refractivity contribution in [3.05, 3.63) is 16.6 Å². The summed E-state index contributed by atoms with van der Waals surface area (Å²) in [5.41, 5.74) is -0.944. The number of ether oxygens (including phenoxy) is 1. The van der Waals surface area contributed by atoms with E-state index in [9.17, 15) is 18.0 Å². The zero-order valence-corrected chi connectivity index (χ0v) is 21.2. The fourth-order valence-corrected chi connectivity index (χ4v) is 4.87. The van der Waals surface area contributed by atoms with Crippen LogP contribution in [0.15, 0.2) is 6.20 Å². The first-order valence-corrected chi connectivity index (χ1v) is 12.7. The number of halogens is 3. The Morgan fingerprint density at radius 1 is 1.11 bits per heavy atom. The molecule has 0 unspecified atom stereocenters. The number of aromatic nitrogens is 3. The number of alkyl halides is 3. The van der Waals surface area contributed by atoms with Crippen LogP contribution in [0.2, 0.25) is 0 Å². The van der Waals surface area contributed by atoms with Gasteiger partial charge in [0.05, 0.1) is 19.6 Å². The molecule has 14 heteroatoms. The first-order chi connectivity index (χ1) is 17.2. The first-order valence-electron chi connectivity index (χ1n) is 11.9. The fourth-order valence-electron chi connectivity index (χ4n) is 3.95. The molecule has 2 N–H and O–H groups in total. The van der Waals surface area contributed by atoms with E-state index >= 15 is 0 Å². The number of rotatable bonds is 8. The van der Waals surface area contributed by atoms with E-state index in [1.807, 2.05) is 6.92 Å². The van der Waals surface area contributed by atoms with Crippen LogP contribution in [0, 0.1) is 6.92 Å². The van der Waals surface area contributed by atoms with Gasteiger partial charge in [0.25, 0.3) is 0 Å². The number of carbonyl (C=O) groups excluding carboxylic acids is 1. The molecule has 4 rings (SSSR count). The molecule has 0 atom stereocenters. The van der Waals surface area contributed by atoms with Crippen LogP contribution in [0.25, 0.3) is 0 Å². The quantitative estimate of drug-likeness (QED) is 0.501. The van der Waals surface area contributed by atoms with Crippen molar-refractivity contribution in [2.24, 2.45) is 0 Å². The van der Waals surface area contributed by atoms with Gasteiger partial charge in [0.2, 0.25) is 11.9 Å². The van der Waals surface area contributed by atoms with E-state index in [4.69, 9.17) is 4.74 Å². The summed E-state index contributed by atoms with van der Waals surface area (Å²) in [6.45, 7) is 7.51. The van der Waals surface area contributed by atoms with Crippen LogP contribution in [0.4, 0.5) is 35.9 Å². The molecule has 0 aliphatic carbocycles. The maximum absolute atomic E-state index is 13.6. The maximum Gasteiger partial charge on any atom is 0.421 e. The van der Waals surface area contributed by atoms with Gasteiger partial charge in [-0.05, 0) is 20.4 Å². The van der Waals surface area contributed by atoms with Gasteiger partial charge in [-0.1, -0.05) is 11.3 Å². The van der Waals surface area contributed by atoms with Crippen molar-refractivity contribution in [2.75, 3.05) is 81.6 Å². The van der Waals surface area contributed by atoms with Crippen molar-refractivity contribution in [1.82, 2.24) is 24.8 Å². The third-order valence-corrected chi connectivity index (χ3v) is 7.13. The molecule has 2 aromatic rings. The number of aryl methyl sites for hydroxylation is 1. The number of amides is 1. The van der Waals surface area contributed by atoms with E-state index in [2.05, 4.69) is 42.4 Å². The number of likely N-dealkylation sites (N-methyl/N-ethyl adjacent to an activating group) is 1. The SMILES string of the molecule is Cc1sc(N2CCN(C)CC2)nc1Nc1ncc(C(F)(F)F)c(NCCCN2CCOCCC2=O)n1. The Hall–Kier alpha value is -2.71. The molecule has 198 valence electrons. The molecule has 4 heterocycles. The smallest absolute Gasteiger partial charge is 0.379 e. The predicted molar refractivity (Wildman–Crippen MR) is 132 cm³/mol. The molecular weight excluding hydrogens is 497 g/mol. The van der Waals surface area contributed by atoms with Crippen LogP contribution in [0.5, 0.6) is 0 Å². The van der Waals surface area contributed by atoms with Gasteiger partial charge in [-0.2, -0.15) is 18.2 Å². The highest BCUT2D eigenvalue weighted by atomic mass is 32.1. The normalized spacial score (nSPS) is 17.9. The molecule has 36 heavy (non-hydrogen) atoms. The van der Waals surface area contributed by atoms with Gasteiger partial charge in [0.1, 0.15) is 17.2 Å². The average molecular weight is 529 g/mol. The summed E-state index contributed by atoms with van der Waals surface area (Å²) in [7, 11) is 2.08. The van der Waals surface area contributed by atoms with Crippen LogP contribution in [-0.4, -0.2) is 96.7 Å². The standard InChI is InChI=1S/C22H31F3N8O2S/c1-15-18(30-21(36-15)33-9-7-31(2)8-10-33)28-20-27-14-16(22(23,24)25)19(29-20)26-5-3-6-32-11-13-35-12-4-17(32)34/h14H,3-13H2,1-2H3,(H2,26,27,28,29). The van der Waals surface area contributed by atoms with Crippen molar-refractivity contribution in [3.8, 4) is 0 Å². The van der Waals surface area contributed by atoms with Crippen LogP contribution >= 0.6 is 11.3 Å². The molecule has 10 nitrogen and oxygen atoms in total. The van der Waals surface area contributed by atoms with Gasteiger partial charge >= 0.3 is 6.18 Å². The largest absolute Gasteiger partial charge is 0.421 e. The second-order valence-electron chi connectivity index (χ2n) is 8.79. The number of hydrogen-bond donors (Lipinski definition) is 2. The molecule has 2 aliphatic heterocycles. The van der Waals surface area contributed by atoms with Gasteiger partial charge in [0.15, 0.2) is 5.13 Å². The number of nitrogens with one attached hydrogen (secondary N) is 2. The highest BCUT2D eigenvalue weighted by molar-refractivity contribution is 7.16. The summed E-state index contributed by atoms with van der Waals surface area (Å²) in [5, 5.41) is 6.62. The molecule has 2 aromatic heterocycles.